The van der Waals surface area contributed by atoms with Crippen LogP contribution in [0, 0.1) is 0 Å². The summed E-state index contributed by atoms with van der Waals surface area (Å²) in [6, 6.07) is 25.4. The van der Waals surface area contributed by atoms with Crippen LogP contribution in [0.5, 0.6) is 23.0 Å². The SMILES string of the molecule is Oc1ccc(CCc2ccc(-c3ccc(CCc4ccc(O)cc4)c(O)c3)cc2O)cc1. The Kier molecular flexibility index (Phi) is 6.31. The highest BCUT2D eigenvalue weighted by Gasteiger charge is 2.09. The van der Waals surface area contributed by atoms with Crippen molar-refractivity contribution in [1.29, 1.82) is 0 Å². The molecule has 4 heteroatoms. The Morgan fingerprint density at radius 1 is 0.406 bits per heavy atom. The molecule has 0 saturated carbocycles. The van der Waals surface area contributed by atoms with Gasteiger partial charge in [-0.3, -0.25) is 0 Å². The van der Waals surface area contributed by atoms with Gasteiger partial charge in [0.15, 0.2) is 0 Å². The number of hydrogen-bond donors (Lipinski definition) is 4. The summed E-state index contributed by atoms with van der Waals surface area (Å²) in [4.78, 5) is 0. The number of aromatic hydroxyl groups is 4. The highest BCUT2D eigenvalue weighted by molar-refractivity contribution is 5.68. The van der Waals surface area contributed by atoms with Gasteiger partial charge >= 0.3 is 0 Å². The monoisotopic (exact) mass is 426 g/mol. The Morgan fingerprint density at radius 2 is 0.781 bits per heavy atom. The van der Waals surface area contributed by atoms with Crippen molar-refractivity contribution >= 4 is 0 Å². The average molecular weight is 427 g/mol. The van der Waals surface area contributed by atoms with Crippen molar-refractivity contribution in [3.05, 3.63) is 107 Å². The van der Waals surface area contributed by atoms with Crippen molar-refractivity contribution in [2.45, 2.75) is 25.7 Å². The molecule has 0 heterocycles. The second-order valence-electron chi connectivity index (χ2n) is 8.02. The average Bonchev–Trinajstić information content (AvgIpc) is 2.79. The predicted octanol–water partition coefficient (Wildman–Crippen LogP) is 5.75. The molecule has 0 saturated heterocycles. The molecule has 0 atom stereocenters. The fraction of sp³-hybridized carbons (Fsp3) is 0.143. The molecule has 0 aliphatic carbocycles. The summed E-state index contributed by atoms with van der Waals surface area (Å²) in [7, 11) is 0. The van der Waals surface area contributed by atoms with Gasteiger partial charge in [-0.1, -0.05) is 48.5 Å². The van der Waals surface area contributed by atoms with Crippen LogP contribution in [0.4, 0.5) is 0 Å². The Hall–Kier alpha value is -3.92. The minimum absolute atomic E-state index is 0.233. The lowest BCUT2D eigenvalue weighted by molar-refractivity contribution is 0.466. The summed E-state index contributed by atoms with van der Waals surface area (Å²) < 4.78 is 0. The number of phenolic OH excluding ortho intramolecular Hbond substituents is 4. The van der Waals surface area contributed by atoms with Gasteiger partial charge in [0.2, 0.25) is 0 Å². The first kappa shape index (κ1) is 21.3. The van der Waals surface area contributed by atoms with Crippen LogP contribution in [-0.2, 0) is 25.7 Å². The molecule has 0 aliphatic rings. The molecular weight excluding hydrogens is 400 g/mol. The van der Waals surface area contributed by atoms with E-state index in [1.165, 1.54) is 0 Å². The van der Waals surface area contributed by atoms with Crippen molar-refractivity contribution < 1.29 is 20.4 Å². The minimum Gasteiger partial charge on any atom is -0.508 e. The molecule has 0 fully saturated rings. The standard InChI is InChI=1S/C28H26O4/c29-25-13-3-19(4-14-25)1-7-21-9-11-23(17-27(21)31)24-12-10-22(28(32)18-24)8-2-20-5-15-26(30)16-6-20/h3-6,9-18,29-32H,1-2,7-8H2. The minimum atomic E-state index is 0.233. The van der Waals surface area contributed by atoms with Crippen molar-refractivity contribution in [3.8, 4) is 34.1 Å². The lowest BCUT2D eigenvalue weighted by Crippen LogP contribution is -1.93. The summed E-state index contributed by atoms with van der Waals surface area (Å²) in [6.45, 7) is 0. The molecular formula is C28H26O4. The first-order valence-electron chi connectivity index (χ1n) is 10.7. The second kappa shape index (κ2) is 9.48. The maximum Gasteiger partial charge on any atom is 0.119 e. The lowest BCUT2D eigenvalue weighted by Gasteiger charge is -2.11. The summed E-state index contributed by atoms with van der Waals surface area (Å²) in [5.41, 5.74) is 5.60. The van der Waals surface area contributed by atoms with E-state index in [4.69, 9.17) is 0 Å². The molecule has 162 valence electrons. The van der Waals surface area contributed by atoms with E-state index in [1.54, 1.807) is 36.4 Å². The summed E-state index contributed by atoms with van der Waals surface area (Å²) in [6.07, 6.45) is 2.92. The van der Waals surface area contributed by atoms with Crippen molar-refractivity contribution in [2.24, 2.45) is 0 Å². The smallest absolute Gasteiger partial charge is 0.119 e. The molecule has 0 bridgehead atoms. The fourth-order valence-electron chi connectivity index (χ4n) is 3.79. The number of rotatable bonds is 7. The van der Waals surface area contributed by atoms with Gasteiger partial charge < -0.3 is 20.4 Å². The molecule has 0 aromatic heterocycles. The zero-order valence-electron chi connectivity index (χ0n) is 17.7. The van der Waals surface area contributed by atoms with Gasteiger partial charge in [0.1, 0.15) is 23.0 Å². The molecule has 4 rings (SSSR count). The molecule has 32 heavy (non-hydrogen) atoms. The molecule has 4 aromatic rings. The van der Waals surface area contributed by atoms with Gasteiger partial charge in [-0.25, -0.2) is 0 Å². The van der Waals surface area contributed by atoms with E-state index in [9.17, 15) is 20.4 Å². The number of aryl methyl sites for hydroxylation is 4. The van der Waals surface area contributed by atoms with Crippen LogP contribution >= 0.6 is 0 Å². The van der Waals surface area contributed by atoms with E-state index >= 15 is 0 Å². The van der Waals surface area contributed by atoms with Gasteiger partial charge in [-0.05, 0) is 95.5 Å². The van der Waals surface area contributed by atoms with Crippen molar-refractivity contribution in [2.75, 3.05) is 0 Å². The highest BCUT2D eigenvalue weighted by Crippen LogP contribution is 2.31. The Balaban J connectivity index is 1.42. The van der Waals surface area contributed by atoms with Crippen molar-refractivity contribution in [3.63, 3.8) is 0 Å². The fourth-order valence-corrected chi connectivity index (χ4v) is 3.79. The Morgan fingerprint density at radius 3 is 1.12 bits per heavy atom. The van der Waals surface area contributed by atoms with Crippen LogP contribution in [0.25, 0.3) is 11.1 Å². The molecule has 0 radical (unpaired) electrons. The normalized spacial score (nSPS) is 10.9. The molecule has 0 spiro atoms. The highest BCUT2D eigenvalue weighted by atomic mass is 16.3. The molecule has 0 aliphatic heterocycles. The van der Waals surface area contributed by atoms with Crippen LogP contribution in [-0.4, -0.2) is 20.4 Å². The summed E-state index contributed by atoms with van der Waals surface area (Å²) in [5.74, 6) is 0.959. The van der Waals surface area contributed by atoms with Crippen LogP contribution in [0.1, 0.15) is 22.3 Å². The molecule has 4 N–H and O–H groups in total. The van der Waals surface area contributed by atoms with Gasteiger partial charge in [-0.15, -0.1) is 0 Å². The second-order valence-corrected chi connectivity index (χ2v) is 8.02. The third-order valence-corrected chi connectivity index (χ3v) is 5.74. The first-order valence-corrected chi connectivity index (χ1v) is 10.7. The number of phenols is 4. The van der Waals surface area contributed by atoms with Crippen molar-refractivity contribution in [1.82, 2.24) is 0 Å². The van der Waals surface area contributed by atoms with Gasteiger partial charge in [0, 0.05) is 0 Å². The van der Waals surface area contributed by atoms with Gasteiger partial charge in [0.25, 0.3) is 0 Å². The number of hydrogen-bond acceptors (Lipinski definition) is 4. The molecule has 0 unspecified atom stereocenters. The van der Waals surface area contributed by atoms with Crippen LogP contribution in [0.3, 0.4) is 0 Å². The number of benzene rings is 4. The van der Waals surface area contributed by atoms with E-state index in [2.05, 4.69) is 0 Å². The maximum absolute atomic E-state index is 10.5. The van der Waals surface area contributed by atoms with E-state index in [0.717, 1.165) is 46.2 Å². The van der Waals surface area contributed by atoms with Crippen LogP contribution < -0.4 is 0 Å². The zero-order chi connectivity index (χ0) is 22.5. The largest absolute Gasteiger partial charge is 0.508 e. The Bertz CT molecular complexity index is 1100. The summed E-state index contributed by atoms with van der Waals surface area (Å²) in [5, 5.41) is 39.8. The molecule has 4 nitrogen and oxygen atoms in total. The van der Waals surface area contributed by atoms with Crippen LogP contribution in [0.15, 0.2) is 84.9 Å². The van der Waals surface area contributed by atoms with E-state index in [1.807, 2.05) is 48.5 Å². The lowest BCUT2D eigenvalue weighted by atomic mass is 9.97. The zero-order valence-corrected chi connectivity index (χ0v) is 17.7. The van der Waals surface area contributed by atoms with Crippen LogP contribution in [0.2, 0.25) is 0 Å². The first-order chi connectivity index (χ1) is 15.5. The maximum atomic E-state index is 10.5. The van der Waals surface area contributed by atoms with E-state index in [0.29, 0.717) is 12.8 Å². The third-order valence-electron chi connectivity index (χ3n) is 5.74. The molecule has 0 amide bonds. The van der Waals surface area contributed by atoms with E-state index < -0.39 is 0 Å². The topological polar surface area (TPSA) is 80.9 Å². The Labute approximate surface area is 187 Å². The molecule has 4 aromatic carbocycles. The van der Waals surface area contributed by atoms with Gasteiger partial charge in [-0.2, -0.15) is 0 Å². The van der Waals surface area contributed by atoms with Gasteiger partial charge in [0.05, 0.1) is 0 Å². The third kappa shape index (κ3) is 5.22. The summed E-state index contributed by atoms with van der Waals surface area (Å²) >= 11 is 0. The quantitative estimate of drug-likeness (QED) is 0.303. The predicted molar refractivity (Wildman–Crippen MR) is 126 cm³/mol. The van der Waals surface area contributed by atoms with E-state index in [-0.39, 0.29) is 23.0 Å².